The van der Waals surface area contributed by atoms with E-state index in [1.807, 2.05) is 18.7 Å². The van der Waals surface area contributed by atoms with Crippen LogP contribution in [0.15, 0.2) is 29.3 Å². The van der Waals surface area contributed by atoms with E-state index in [2.05, 4.69) is 46.8 Å². The van der Waals surface area contributed by atoms with Crippen LogP contribution in [-0.4, -0.2) is 42.9 Å². The highest BCUT2D eigenvalue weighted by Crippen LogP contribution is 2.13. The van der Waals surface area contributed by atoms with E-state index >= 15 is 0 Å². The van der Waals surface area contributed by atoms with Gasteiger partial charge in [-0.15, -0.1) is 24.0 Å². The van der Waals surface area contributed by atoms with Crippen molar-refractivity contribution in [3.8, 4) is 0 Å². The maximum Gasteiger partial charge on any atom is 0.225 e. The van der Waals surface area contributed by atoms with Gasteiger partial charge in [0.1, 0.15) is 0 Å². The summed E-state index contributed by atoms with van der Waals surface area (Å²) in [7, 11) is 1.78. The number of hydrogen-bond acceptors (Lipinski definition) is 2. The summed E-state index contributed by atoms with van der Waals surface area (Å²) in [5.74, 6) is 1.09. The Bertz CT molecular complexity index is 589. The van der Waals surface area contributed by atoms with Crippen molar-refractivity contribution in [1.29, 1.82) is 0 Å². The minimum absolute atomic E-state index is 0. The van der Waals surface area contributed by atoms with Crippen LogP contribution in [0.5, 0.6) is 0 Å². The predicted octanol–water partition coefficient (Wildman–Crippen LogP) is 2.79. The highest BCUT2D eigenvalue weighted by atomic mass is 127. The Labute approximate surface area is 168 Å². The van der Waals surface area contributed by atoms with Gasteiger partial charge >= 0.3 is 0 Å². The smallest absolute Gasteiger partial charge is 0.225 e. The molecule has 1 heterocycles. The van der Waals surface area contributed by atoms with Crippen molar-refractivity contribution in [3.63, 3.8) is 0 Å². The molecule has 0 saturated carbocycles. The zero-order valence-corrected chi connectivity index (χ0v) is 18.0. The normalized spacial score (nSPS) is 17.4. The molecule has 6 heteroatoms. The van der Waals surface area contributed by atoms with Crippen molar-refractivity contribution in [2.75, 3.05) is 20.1 Å². The van der Waals surface area contributed by atoms with Gasteiger partial charge in [-0.2, -0.15) is 0 Å². The molecule has 5 nitrogen and oxygen atoms in total. The topological polar surface area (TPSA) is 56.7 Å². The minimum Gasteiger partial charge on any atom is -0.352 e. The molecular weight excluding hydrogens is 427 g/mol. The monoisotopic (exact) mass is 458 g/mol. The largest absolute Gasteiger partial charge is 0.352 e. The summed E-state index contributed by atoms with van der Waals surface area (Å²) in [4.78, 5) is 18.3. The lowest BCUT2D eigenvalue weighted by atomic mass is 10.1. The van der Waals surface area contributed by atoms with E-state index in [-0.39, 0.29) is 41.8 Å². The van der Waals surface area contributed by atoms with Gasteiger partial charge in [-0.05, 0) is 24.0 Å². The van der Waals surface area contributed by atoms with E-state index in [9.17, 15) is 4.79 Å². The molecule has 0 bridgehead atoms. The summed E-state index contributed by atoms with van der Waals surface area (Å²) >= 11 is 0. The Morgan fingerprint density at radius 3 is 2.60 bits per heavy atom. The second kappa shape index (κ2) is 10.6. The Kier molecular flexibility index (Phi) is 9.24. The van der Waals surface area contributed by atoms with Crippen LogP contribution in [0.25, 0.3) is 0 Å². The molecule has 1 unspecified atom stereocenters. The molecule has 0 aromatic heterocycles. The molecule has 1 atom stereocenters. The minimum atomic E-state index is 0. The number of halogens is 1. The SMILES string of the molecule is CCc1ccccc1CNC(=NC)NC1CCN(C(=O)C(C)C)C1.I. The zero-order valence-electron chi connectivity index (χ0n) is 15.7. The van der Waals surface area contributed by atoms with Crippen LogP contribution in [0.3, 0.4) is 0 Å². The molecule has 1 aromatic carbocycles. The van der Waals surface area contributed by atoms with Crippen LogP contribution in [-0.2, 0) is 17.8 Å². The molecule has 0 radical (unpaired) electrons. The molecule has 2 rings (SSSR count). The fraction of sp³-hybridized carbons (Fsp3) is 0.579. The van der Waals surface area contributed by atoms with E-state index in [0.717, 1.165) is 38.4 Å². The summed E-state index contributed by atoms with van der Waals surface area (Å²) in [5.41, 5.74) is 2.65. The number of carbonyl (C=O) groups excluding carboxylic acids is 1. The van der Waals surface area contributed by atoms with Crippen LogP contribution in [0, 0.1) is 5.92 Å². The molecular formula is C19H31IN4O. The third kappa shape index (κ3) is 6.17. The lowest BCUT2D eigenvalue weighted by Crippen LogP contribution is -2.45. The number of guanidine groups is 1. The lowest BCUT2D eigenvalue weighted by molar-refractivity contribution is -0.133. The van der Waals surface area contributed by atoms with Crippen LogP contribution >= 0.6 is 24.0 Å². The van der Waals surface area contributed by atoms with Gasteiger partial charge in [0.15, 0.2) is 5.96 Å². The van der Waals surface area contributed by atoms with E-state index in [0.29, 0.717) is 0 Å². The Hall–Kier alpha value is -1.31. The van der Waals surface area contributed by atoms with Crippen LogP contribution in [0.1, 0.15) is 38.3 Å². The number of likely N-dealkylation sites (tertiary alicyclic amines) is 1. The van der Waals surface area contributed by atoms with Gasteiger partial charge in [0.25, 0.3) is 0 Å². The summed E-state index contributed by atoms with van der Waals surface area (Å²) in [6.45, 7) is 8.41. The first-order chi connectivity index (χ1) is 11.5. The summed E-state index contributed by atoms with van der Waals surface area (Å²) in [6.07, 6.45) is 1.99. The van der Waals surface area contributed by atoms with Crippen molar-refractivity contribution in [2.45, 2.75) is 46.2 Å². The molecule has 1 amide bonds. The van der Waals surface area contributed by atoms with Gasteiger partial charge in [-0.1, -0.05) is 45.0 Å². The summed E-state index contributed by atoms with van der Waals surface area (Å²) < 4.78 is 0. The fourth-order valence-electron chi connectivity index (χ4n) is 3.09. The fourth-order valence-corrected chi connectivity index (χ4v) is 3.09. The Morgan fingerprint density at radius 1 is 1.32 bits per heavy atom. The van der Waals surface area contributed by atoms with Gasteiger partial charge in [-0.25, -0.2) is 0 Å². The van der Waals surface area contributed by atoms with Crippen molar-refractivity contribution >= 4 is 35.8 Å². The first-order valence-corrected chi connectivity index (χ1v) is 8.87. The van der Waals surface area contributed by atoms with Gasteiger partial charge in [0.2, 0.25) is 5.91 Å². The highest BCUT2D eigenvalue weighted by molar-refractivity contribution is 14.0. The molecule has 1 saturated heterocycles. The number of nitrogens with one attached hydrogen (secondary N) is 2. The second-order valence-corrected chi connectivity index (χ2v) is 6.62. The van der Waals surface area contributed by atoms with E-state index in [4.69, 9.17) is 0 Å². The van der Waals surface area contributed by atoms with Crippen molar-refractivity contribution in [2.24, 2.45) is 10.9 Å². The zero-order chi connectivity index (χ0) is 17.5. The Balaban J connectivity index is 0.00000312. The average molecular weight is 458 g/mol. The van der Waals surface area contributed by atoms with Crippen molar-refractivity contribution < 1.29 is 4.79 Å². The number of aryl methyl sites for hydroxylation is 1. The molecule has 25 heavy (non-hydrogen) atoms. The third-order valence-electron chi connectivity index (χ3n) is 4.50. The van der Waals surface area contributed by atoms with Crippen LogP contribution < -0.4 is 10.6 Å². The van der Waals surface area contributed by atoms with Crippen molar-refractivity contribution in [1.82, 2.24) is 15.5 Å². The molecule has 1 fully saturated rings. The first-order valence-electron chi connectivity index (χ1n) is 8.87. The second-order valence-electron chi connectivity index (χ2n) is 6.62. The average Bonchev–Trinajstić information content (AvgIpc) is 3.06. The number of amides is 1. The molecule has 0 spiro atoms. The number of aliphatic imine (C=N–C) groups is 1. The summed E-state index contributed by atoms with van der Waals surface area (Å²) in [5, 5.41) is 6.83. The van der Waals surface area contributed by atoms with E-state index in [1.54, 1.807) is 7.05 Å². The quantitative estimate of drug-likeness (QED) is 0.406. The molecule has 1 aliphatic heterocycles. The number of nitrogens with zero attached hydrogens (tertiary/aromatic N) is 2. The molecule has 1 aliphatic rings. The molecule has 140 valence electrons. The van der Waals surface area contributed by atoms with E-state index < -0.39 is 0 Å². The first kappa shape index (κ1) is 21.7. The Morgan fingerprint density at radius 2 is 2.00 bits per heavy atom. The molecule has 2 N–H and O–H groups in total. The van der Waals surface area contributed by atoms with Crippen molar-refractivity contribution in [3.05, 3.63) is 35.4 Å². The molecule has 0 aliphatic carbocycles. The summed E-state index contributed by atoms with van der Waals surface area (Å²) in [6, 6.07) is 8.73. The van der Waals surface area contributed by atoms with Gasteiger partial charge in [-0.3, -0.25) is 9.79 Å². The molecule has 1 aromatic rings. The van der Waals surface area contributed by atoms with Crippen LogP contribution in [0.2, 0.25) is 0 Å². The number of rotatable bonds is 5. The number of carbonyl (C=O) groups is 1. The van der Waals surface area contributed by atoms with E-state index in [1.165, 1.54) is 11.1 Å². The van der Waals surface area contributed by atoms with Gasteiger partial charge in [0.05, 0.1) is 0 Å². The maximum absolute atomic E-state index is 12.1. The van der Waals surface area contributed by atoms with Crippen LogP contribution in [0.4, 0.5) is 0 Å². The van der Waals surface area contributed by atoms with Gasteiger partial charge in [0, 0.05) is 38.6 Å². The highest BCUT2D eigenvalue weighted by Gasteiger charge is 2.27. The third-order valence-corrected chi connectivity index (χ3v) is 4.50. The number of hydrogen-bond donors (Lipinski definition) is 2. The maximum atomic E-state index is 12.1. The van der Waals surface area contributed by atoms with Gasteiger partial charge < -0.3 is 15.5 Å². The standard InChI is InChI=1S/C19H30N4O.HI/c1-5-15-8-6-7-9-16(15)12-21-19(20-4)22-17-10-11-23(13-17)18(24)14(2)3;/h6-9,14,17H,5,10-13H2,1-4H3,(H2,20,21,22);1H. The number of benzene rings is 1. The lowest BCUT2D eigenvalue weighted by Gasteiger charge is -2.20. The predicted molar refractivity (Wildman–Crippen MR) is 114 cm³/mol.